The van der Waals surface area contributed by atoms with Gasteiger partial charge in [-0.25, -0.2) is 18.6 Å². The minimum atomic E-state index is -3.02. The standard InChI is InChI=1S/C13H18F2N4O2/c1-13(14,15)6-4-5-7-19-11(20)9-10(16-8-17(9)2)18(3)12(19)21/h8H,4-7H2,1-3H3/i2D3,3D3. The molecule has 0 aliphatic carbocycles. The molecule has 0 aliphatic heterocycles. The summed E-state index contributed by atoms with van der Waals surface area (Å²) in [6.45, 7) is -5.43. The van der Waals surface area contributed by atoms with E-state index < -0.39 is 48.7 Å². The van der Waals surface area contributed by atoms with E-state index in [0.717, 1.165) is 13.3 Å². The zero-order chi connectivity index (χ0) is 20.8. The summed E-state index contributed by atoms with van der Waals surface area (Å²) in [5.74, 6) is -2.91. The Morgan fingerprint density at radius 2 is 2.10 bits per heavy atom. The van der Waals surface area contributed by atoms with Crippen LogP contribution in [0.1, 0.15) is 34.4 Å². The van der Waals surface area contributed by atoms with Crippen molar-refractivity contribution in [1.29, 1.82) is 0 Å². The lowest BCUT2D eigenvalue weighted by Crippen LogP contribution is -2.39. The van der Waals surface area contributed by atoms with Crippen LogP contribution in [0.4, 0.5) is 8.78 Å². The topological polar surface area (TPSA) is 61.8 Å². The summed E-state index contributed by atoms with van der Waals surface area (Å²) >= 11 is 0. The van der Waals surface area contributed by atoms with Gasteiger partial charge in [0.1, 0.15) is 0 Å². The highest BCUT2D eigenvalue weighted by atomic mass is 19.3. The summed E-state index contributed by atoms with van der Waals surface area (Å²) in [5.41, 5.74) is -3.37. The van der Waals surface area contributed by atoms with Crippen molar-refractivity contribution >= 4 is 11.2 Å². The normalized spacial score (nSPS) is 17.7. The lowest BCUT2D eigenvalue weighted by molar-refractivity contribution is 0.0102. The maximum atomic E-state index is 12.9. The summed E-state index contributed by atoms with van der Waals surface area (Å²) in [4.78, 5) is 28.8. The Hall–Kier alpha value is -1.99. The summed E-state index contributed by atoms with van der Waals surface area (Å²) < 4.78 is 72.0. The summed E-state index contributed by atoms with van der Waals surface area (Å²) in [5, 5.41) is 0. The molecule has 0 atom stereocenters. The van der Waals surface area contributed by atoms with Gasteiger partial charge in [0.15, 0.2) is 11.2 Å². The van der Waals surface area contributed by atoms with Crippen molar-refractivity contribution in [3.63, 3.8) is 0 Å². The number of halogens is 2. The Morgan fingerprint density at radius 1 is 1.33 bits per heavy atom. The van der Waals surface area contributed by atoms with Gasteiger partial charge in [0.05, 0.1) is 6.33 Å². The number of rotatable bonds is 5. The van der Waals surface area contributed by atoms with Crippen LogP contribution < -0.4 is 11.2 Å². The average molecular weight is 306 g/mol. The number of unbranched alkanes of at least 4 members (excludes halogenated alkanes) is 1. The molecule has 2 aromatic heterocycles. The molecule has 21 heavy (non-hydrogen) atoms. The van der Waals surface area contributed by atoms with E-state index in [0.29, 0.717) is 9.13 Å². The van der Waals surface area contributed by atoms with Crippen LogP contribution in [0.2, 0.25) is 0 Å². The van der Waals surface area contributed by atoms with E-state index in [4.69, 9.17) is 8.22 Å². The van der Waals surface area contributed by atoms with Gasteiger partial charge < -0.3 is 4.57 Å². The van der Waals surface area contributed by atoms with E-state index in [-0.39, 0.29) is 24.0 Å². The van der Waals surface area contributed by atoms with Crippen molar-refractivity contribution in [2.45, 2.75) is 38.7 Å². The summed E-state index contributed by atoms with van der Waals surface area (Å²) in [6, 6.07) is 0. The number of aromatic nitrogens is 4. The molecule has 0 amide bonds. The first-order chi connectivity index (χ1) is 12.1. The van der Waals surface area contributed by atoms with Gasteiger partial charge >= 0.3 is 5.69 Å². The highest BCUT2D eigenvalue weighted by Gasteiger charge is 2.20. The van der Waals surface area contributed by atoms with Gasteiger partial charge in [-0.15, -0.1) is 0 Å². The third-order valence-corrected chi connectivity index (χ3v) is 3.08. The molecule has 0 unspecified atom stereocenters. The van der Waals surface area contributed by atoms with E-state index in [1.54, 1.807) is 0 Å². The van der Waals surface area contributed by atoms with Gasteiger partial charge in [-0.2, -0.15) is 0 Å². The lowest BCUT2D eigenvalue weighted by Gasteiger charge is -2.11. The van der Waals surface area contributed by atoms with Crippen molar-refractivity contribution in [2.24, 2.45) is 14.0 Å². The van der Waals surface area contributed by atoms with Crippen LogP contribution in [0.3, 0.4) is 0 Å². The number of imidazole rings is 1. The van der Waals surface area contributed by atoms with Crippen LogP contribution in [-0.4, -0.2) is 24.6 Å². The van der Waals surface area contributed by atoms with Gasteiger partial charge in [0, 0.05) is 35.1 Å². The molecule has 6 nitrogen and oxygen atoms in total. The summed E-state index contributed by atoms with van der Waals surface area (Å²) in [7, 11) is 0. The van der Waals surface area contributed by atoms with Crippen molar-refractivity contribution in [3.8, 4) is 0 Å². The van der Waals surface area contributed by atoms with Crippen LogP contribution in [-0.2, 0) is 20.5 Å². The van der Waals surface area contributed by atoms with Crippen molar-refractivity contribution in [3.05, 3.63) is 27.2 Å². The lowest BCUT2D eigenvalue weighted by atomic mass is 10.1. The Labute approximate surface area is 128 Å². The highest BCUT2D eigenvalue weighted by molar-refractivity contribution is 5.69. The molecule has 0 N–H and O–H groups in total. The fourth-order valence-electron chi connectivity index (χ4n) is 2.03. The van der Waals surface area contributed by atoms with Gasteiger partial charge in [-0.05, 0) is 19.8 Å². The summed E-state index contributed by atoms with van der Waals surface area (Å²) in [6.07, 6.45) is 0.292. The maximum absolute atomic E-state index is 12.9. The number of hydrogen-bond acceptors (Lipinski definition) is 3. The van der Waals surface area contributed by atoms with E-state index in [1.807, 2.05) is 0 Å². The zero-order valence-electron chi connectivity index (χ0n) is 17.3. The first kappa shape index (κ1) is 9.11. The zero-order valence-corrected chi connectivity index (χ0v) is 11.3. The third kappa shape index (κ3) is 3.03. The van der Waals surface area contributed by atoms with E-state index in [2.05, 4.69) is 4.98 Å². The van der Waals surface area contributed by atoms with Crippen LogP contribution in [0, 0.1) is 0 Å². The molecule has 2 heterocycles. The molecule has 0 saturated carbocycles. The number of hydrogen-bond donors (Lipinski definition) is 0. The highest BCUT2D eigenvalue weighted by Crippen LogP contribution is 2.19. The molecule has 116 valence electrons. The molecule has 0 fully saturated rings. The van der Waals surface area contributed by atoms with E-state index >= 15 is 0 Å². The minimum Gasteiger partial charge on any atom is -0.328 e. The number of alkyl halides is 2. The van der Waals surface area contributed by atoms with Crippen molar-refractivity contribution in [1.82, 2.24) is 18.7 Å². The fourth-order valence-corrected chi connectivity index (χ4v) is 2.03. The maximum Gasteiger partial charge on any atom is 0.332 e. The third-order valence-electron chi connectivity index (χ3n) is 3.08. The molecular formula is C13H18F2N4O2. The number of fused-ring (bicyclic) bond motifs is 1. The number of aryl methyl sites for hydroxylation is 2. The van der Waals surface area contributed by atoms with Crippen LogP contribution in [0.5, 0.6) is 0 Å². The Bertz CT molecular complexity index is 952. The predicted molar refractivity (Wildman–Crippen MR) is 74.7 cm³/mol. The molecular weight excluding hydrogens is 282 g/mol. The Balaban J connectivity index is 2.63. The van der Waals surface area contributed by atoms with Crippen molar-refractivity contribution < 1.29 is 17.0 Å². The minimum absolute atomic E-state index is 0.00693. The largest absolute Gasteiger partial charge is 0.332 e. The monoisotopic (exact) mass is 306 g/mol. The SMILES string of the molecule is [2H]C([2H])([2H])n1cnc2c1c(=O)n(CCCCC(C)(F)F)c(=O)n2C([2H])([2H])[2H]. The molecule has 2 rings (SSSR count). The van der Waals surface area contributed by atoms with Gasteiger partial charge in [0.2, 0.25) is 5.92 Å². The second-order valence-corrected chi connectivity index (χ2v) is 4.89. The molecule has 0 saturated heterocycles. The van der Waals surface area contributed by atoms with Crippen LogP contribution in [0.15, 0.2) is 15.9 Å². The molecule has 0 bridgehead atoms. The smallest absolute Gasteiger partial charge is 0.328 e. The van der Waals surface area contributed by atoms with Crippen LogP contribution in [0.25, 0.3) is 11.2 Å². The second-order valence-electron chi connectivity index (χ2n) is 4.89. The van der Waals surface area contributed by atoms with Gasteiger partial charge in [0.25, 0.3) is 5.56 Å². The second kappa shape index (κ2) is 5.42. The number of nitrogens with zero attached hydrogens (tertiary/aromatic N) is 4. The van der Waals surface area contributed by atoms with E-state index in [9.17, 15) is 18.4 Å². The molecule has 0 spiro atoms. The predicted octanol–water partition coefficient (Wildman–Crippen LogP) is 1.26. The van der Waals surface area contributed by atoms with Crippen molar-refractivity contribution in [2.75, 3.05) is 0 Å². The van der Waals surface area contributed by atoms with Gasteiger partial charge in [-0.1, -0.05) is 0 Å². The Kier molecular flexibility index (Phi) is 2.35. The molecule has 0 aliphatic rings. The Morgan fingerprint density at radius 3 is 2.71 bits per heavy atom. The fraction of sp³-hybridized carbons (Fsp3) is 0.615. The quantitative estimate of drug-likeness (QED) is 0.781. The molecule has 8 heteroatoms. The van der Waals surface area contributed by atoms with Crippen LogP contribution >= 0.6 is 0 Å². The first-order valence-electron chi connectivity index (χ1n) is 9.26. The molecule has 0 radical (unpaired) electrons. The molecule has 2 aromatic rings. The van der Waals surface area contributed by atoms with Gasteiger partial charge in [-0.3, -0.25) is 13.9 Å². The van der Waals surface area contributed by atoms with E-state index in [1.165, 1.54) is 0 Å². The first-order valence-corrected chi connectivity index (χ1v) is 6.26. The molecule has 0 aromatic carbocycles. The average Bonchev–Trinajstić information content (AvgIpc) is 2.88.